The van der Waals surface area contributed by atoms with Crippen molar-refractivity contribution < 1.29 is 9.59 Å². The standard InChI is InChI=1S/C22H15BrN4O2/c23-14-7-5-13(6-8-14)22(29)24-15-9-10-16-18(11-15)25-20(28)12-27-19-4-2-1-3-17(19)26-21(16)27/h1-11H,12H2,(H,24,29)(H,25,28). The van der Waals surface area contributed by atoms with E-state index >= 15 is 0 Å². The topological polar surface area (TPSA) is 76.0 Å². The summed E-state index contributed by atoms with van der Waals surface area (Å²) in [5.74, 6) is 0.375. The van der Waals surface area contributed by atoms with Gasteiger partial charge in [-0.25, -0.2) is 4.98 Å². The second kappa shape index (κ2) is 6.86. The smallest absolute Gasteiger partial charge is 0.255 e. The lowest BCUT2D eigenvalue weighted by Gasteiger charge is -2.10. The van der Waals surface area contributed by atoms with Gasteiger partial charge < -0.3 is 15.2 Å². The number of carbonyl (C=O) groups is 2. The van der Waals surface area contributed by atoms with E-state index in [9.17, 15) is 9.59 Å². The molecule has 5 rings (SSSR count). The van der Waals surface area contributed by atoms with Gasteiger partial charge in [-0.15, -0.1) is 0 Å². The number of para-hydroxylation sites is 2. The molecule has 3 aromatic carbocycles. The number of fused-ring (bicyclic) bond motifs is 5. The van der Waals surface area contributed by atoms with Crippen molar-refractivity contribution in [2.75, 3.05) is 10.6 Å². The second-order valence-corrected chi connectivity index (χ2v) is 7.70. The molecule has 0 atom stereocenters. The zero-order valence-electron chi connectivity index (χ0n) is 15.1. The minimum Gasteiger partial charge on any atom is -0.324 e. The molecule has 1 aliphatic heterocycles. The van der Waals surface area contributed by atoms with Crippen LogP contribution in [-0.2, 0) is 11.3 Å². The highest BCUT2D eigenvalue weighted by Gasteiger charge is 2.22. The van der Waals surface area contributed by atoms with Gasteiger partial charge in [-0.2, -0.15) is 0 Å². The summed E-state index contributed by atoms with van der Waals surface area (Å²) in [6.07, 6.45) is 0. The van der Waals surface area contributed by atoms with E-state index in [1.165, 1.54) is 0 Å². The number of carbonyl (C=O) groups excluding carboxylic acids is 2. The molecule has 0 radical (unpaired) electrons. The fourth-order valence-corrected chi connectivity index (χ4v) is 3.76. The Morgan fingerprint density at radius 3 is 2.69 bits per heavy atom. The number of imidazole rings is 1. The first-order valence-corrected chi connectivity index (χ1v) is 9.84. The molecule has 2 N–H and O–H groups in total. The van der Waals surface area contributed by atoms with Gasteiger partial charge >= 0.3 is 0 Å². The largest absolute Gasteiger partial charge is 0.324 e. The molecular formula is C22H15BrN4O2. The van der Waals surface area contributed by atoms with Crippen molar-refractivity contribution >= 4 is 50.2 Å². The highest BCUT2D eigenvalue weighted by atomic mass is 79.9. The van der Waals surface area contributed by atoms with Crippen LogP contribution in [0.25, 0.3) is 22.4 Å². The Balaban J connectivity index is 1.53. The predicted octanol–water partition coefficient (Wildman–Crippen LogP) is 4.67. The summed E-state index contributed by atoms with van der Waals surface area (Å²) in [7, 11) is 0. The van der Waals surface area contributed by atoms with Crippen molar-refractivity contribution in [3.63, 3.8) is 0 Å². The zero-order valence-corrected chi connectivity index (χ0v) is 16.7. The first-order chi connectivity index (χ1) is 14.1. The van der Waals surface area contributed by atoms with Crippen molar-refractivity contribution in [1.82, 2.24) is 9.55 Å². The van der Waals surface area contributed by atoms with Gasteiger partial charge in [-0.3, -0.25) is 9.59 Å². The number of halogens is 1. The lowest BCUT2D eigenvalue weighted by molar-refractivity contribution is -0.116. The molecule has 2 amide bonds. The molecule has 1 aromatic heterocycles. The maximum atomic E-state index is 12.5. The molecule has 0 bridgehead atoms. The summed E-state index contributed by atoms with van der Waals surface area (Å²) in [5.41, 5.74) is 4.34. The van der Waals surface area contributed by atoms with Gasteiger partial charge in [-0.1, -0.05) is 28.1 Å². The molecular weight excluding hydrogens is 432 g/mol. The lowest BCUT2D eigenvalue weighted by atomic mass is 10.1. The van der Waals surface area contributed by atoms with Crippen LogP contribution in [0.15, 0.2) is 71.2 Å². The van der Waals surface area contributed by atoms with E-state index in [2.05, 4.69) is 26.6 Å². The monoisotopic (exact) mass is 446 g/mol. The SMILES string of the molecule is O=C1Cn2c(nc3ccccc32)-c2ccc(NC(=O)c3ccc(Br)cc3)cc2N1. The van der Waals surface area contributed by atoms with Gasteiger partial charge in [0.05, 0.1) is 16.7 Å². The fraction of sp³-hybridized carbons (Fsp3) is 0.0455. The molecule has 1 aliphatic rings. The van der Waals surface area contributed by atoms with Crippen LogP contribution in [0.4, 0.5) is 11.4 Å². The third-order valence-electron chi connectivity index (χ3n) is 4.86. The Hall–Kier alpha value is -3.45. The van der Waals surface area contributed by atoms with E-state index in [0.717, 1.165) is 26.9 Å². The van der Waals surface area contributed by atoms with Crippen LogP contribution < -0.4 is 10.6 Å². The molecule has 6 nitrogen and oxygen atoms in total. The van der Waals surface area contributed by atoms with E-state index in [1.807, 2.05) is 53.1 Å². The number of benzene rings is 3. The Morgan fingerprint density at radius 1 is 1.07 bits per heavy atom. The van der Waals surface area contributed by atoms with Gasteiger partial charge in [0.2, 0.25) is 5.91 Å². The Labute approximate surface area is 174 Å². The number of anilines is 2. The molecule has 0 aliphatic carbocycles. The molecule has 0 saturated carbocycles. The van der Waals surface area contributed by atoms with Crippen LogP contribution in [0.3, 0.4) is 0 Å². The molecule has 7 heteroatoms. The highest BCUT2D eigenvalue weighted by Crippen LogP contribution is 2.34. The first-order valence-electron chi connectivity index (χ1n) is 9.05. The number of nitrogens with zero attached hydrogens (tertiary/aromatic N) is 2. The van der Waals surface area contributed by atoms with Crippen LogP contribution in [0, 0.1) is 0 Å². The molecule has 0 saturated heterocycles. The predicted molar refractivity (Wildman–Crippen MR) is 116 cm³/mol. The van der Waals surface area contributed by atoms with E-state index < -0.39 is 0 Å². The van der Waals surface area contributed by atoms with Gasteiger partial charge in [0.1, 0.15) is 12.4 Å². The summed E-state index contributed by atoms with van der Waals surface area (Å²) in [4.78, 5) is 29.7. The minimum absolute atomic E-state index is 0.135. The van der Waals surface area contributed by atoms with Crippen molar-refractivity contribution in [2.24, 2.45) is 0 Å². The third-order valence-corrected chi connectivity index (χ3v) is 5.38. The van der Waals surface area contributed by atoms with Gasteiger partial charge in [-0.05, 0) is 54.6 Å². The Bertz CT molecular complexity index is 1280. The van der Waals surface area contributed by atoms with E-state index in [0.29, 0.717) is 16.9 Å². The summed E-state index contributed by atoms with van der Waals surface area (Å²) >= 11 is 3.36. The molecule has 0 spiro atoms. The fourth-order valence-electron chi connectivity index (χ4n) is 3.50. The molecule has 4 aromatic rings. The van der Waals surface area contributed by atoms with E-state index in [-0.39, 0.29) is 18.4 Å². The number of hydrogen-bond donors (Lipinski definition) is 2. The van der Waals surface area contributed by atoms with E-state index in [4.69, 9.17) is 4.98 Å². The second-order valence-electron chi connectivity index (χ2n) is 6.78. The summed E-state index contributed by atoms with van der Waals surface area (Å²) in [5, 5.41) is 5.80. The van der Waals surface area contributed by atoms with Crippen molar-refractivity contribution in [2.45, 2.75) is 6.54 Å². The van der Waals surface area contributed by atoms with Crippen LogP contribution in [0.1, 0.15) is 10.4 Å². The minimum atomic E-state index is -0.218. The average molecular weight is 447 g/mol. The quantitative estimate of drug-likeness (QED) is 0.469. The Kier molecular flexibility index (Phi) is 4.17. The number of hydrogen-bond acceptors (Lipinski definition) is 3. The number of nitrogens with one attached hydrogen (secondary N) is 2. The van der Waals surface area contributed by atoms with Gasteiger partial charge in [0.25, 0.3) is 5.91 Å². The number of rotatable bonds is 2. The van der Waals surface area contributed by atoms with Gasteiger partial charge in [0.15, 0.2) is 0 Å². The molecule has 29 heavy (non-hydrogen) atoms. The maximum absolute atomic E-state index is 12.5. The molecule has 2 heterocycles. The molecule has 0 unspecified atom stereocenters. The average Bonchev–Trinajstić information content (AvgIpc) is 3.00. The van der Waals surface area contributed by atoms with Crippen LogP contribution in [0.2, 0.25) is 0 Å². The zero-order chi connectivity index (χ0) is 20.0. The molecule has 142 valence electrons. The van der Waals surface area contributed by atoms with Crippen LogP contribution >= 0.6 is 15.9 Å². The van der Waals surface area contributed by atoms with Crippen molar-refractivity contribution in [1.29, 1.82) is 0 Å². The first kappa shape index (κ1) is 17.6. The lowest BCUT2D eigenvalue weighted by Crippen LogP contribution is -2.16. The Morgan fingerprint density at radius 2 is 1.86 bits per heavy atom. The van der Waals surface area contributed by atoms with Gasteiger partial charge in [0, 0.05) is 21.3 Å². The third kappa shape index (κ3) is 3.19. The summed E-state index contributed by atoms with van der Waals surface area (Å²) in [6.45, 7) is 0.186. The summed E-state index contributed by atoms with van der Waals surface area (Å²) in [6, 6.07) is 20.3. The van der Waals surface area contributed by atoms with Crippen LogP contribution in [-0.4, -0.2) is 21.4 Å². The number of aromatic nitrogens is 2. The number of amides is 2. The van der Waals surface area contributed by atoms with Crippen LogP contribution in [0.5, 0.6) is 0 Å². The van der Waals surface area contributed by atoms with E-state index in [1.54, 1.807) is 18.2 Å². The van der Waals surface area contributed by atoms with Crippen molar-refractivity contribution in [3.05, 3.63) is 76.8 Å². The molecule has 0 fully saturated rings. The summed E-state index contributed by atoms with van der Waals surface area (Å²) < 4.78 is 2.82. The maximum Gasteiger partial charge on any atom is 0.255 e. The highest BCUT2D eigenvalue weighted by molar-refractivity contribution is 9.10. The normalized spacial score (nSPS) is 12.7. The van der Waals surface area contributed by atoms with Crippen molar-refractivity contribution in [3.8, 4) is 11.4 Å².